The van der Waals surface area contributed by atoms with E-state index in [1.807, 2.05) is 60.7 Å². The third-order valence-electron chi connectivity index (χ3n) is 5.32. The largest absolute Gasteiger partial charge is 0.489 e. The van der Waals surface area contributed by atoms with E-state index in [9.17, 15) is 4.79 Å². The SMILES string of the molecule is O=C(COc1ccc2c(c1Br)CCCC2)N/N=C\c1ccc(OCc2ccccc2)cc1. The van der Waals surface area contributed by atoms with Gasteiger partial charge in [-0.3, -0.25) is 4.79 Å². The second-order valence-corrected chi connectivity index (χ2v) is 8.44. The van der Waals surface area contributed by atoms with Gasteiger partial charge in [0.2, 0.25) is 0 Å². The fraction of sp³-hybridized carbons (Fsp3) is 0.231. The van der Waals surface area contributed by atoms with Crippen LogP contribution in [0.25, 0.3) is 0 Å². The summed E-state index contributed by atoms with van der Waals surface area (Å²) in [4.78, 5) is 12.1. The van der Waals surface area contributed by atoms with E-state index in [2.05, 4.69) is 32.5 Å². The number of halogens is 1. The average Bonchev–Trinajstić information content (AvgIpc) is 2.84. The molecule has 0 atom stereocenters. The number of benzene rings is 3. The Balaban J connectivity index is 1.23. The fourth-order valence-electron chi connectivity index (χ4n) is 3.62. The summed E-state index contributed by atoms with van der Waals surface area (Å²) in [6.07, 6.45) is 6.14. The van der Waals surface area contributed by atoms with Crippen LogP contribution in [0.1, 0.15) is 35.1 Å². The Labute approximate surface area is 196 Å². The average molecular weight is 493 g/mol. The van der Waals surface area contributed by atoms with Crippen LogP contribution in [0, 0.1) is 0 Å². The summed E-state index contributed by atoms with van der Waals surface area (Å²) >= 11 is 3.63. The number of nitrogens with zero attached hydrogens (tertiary/aromatic N) is 1. The lowest BCUT2D eigenvalue weighted by atomic mass is 9.92. The first-order valence-corrected chi connectivity index (χ1v) is 11.5. The highest BCUT2D eigenvalue weighted by Crippen LogP contribution is 2.35. The van der Waals surface area contributed by atoms with Crippen LogP contribution in [-0.2, 0) is 24.2 Å². The second kappa shape index (κ2) is 11.0. The molecule has 1 N–H and O–H groups in total. The van der Waals surface area contributed by atoms with Gasteiger partial charge in [-0.25, -0.2) is 5.43 Å². The maximum absolute atomic E-state index is 12.1. The van der Waals surface area contributed by atoms with E-state index in [0.29, 0.717) is 12.4 Å². The van der Waals surface area contributed by atoms with Crippen molar-refractivity contribution in [2.45, 2.75) is 32.3 Å². The molecule has 0 radical (unpaired) electrons. The van der Waals surface area contributed by atoms with Crippen LogP contribution in [0.3, 0.4) is 0 Å². The van der Waals surface area contributed by atoms with Crippen LogP contribution in [0.15, 0.2) is 76.3 Å². The maximum Gasteiger partial charge on any atom is 0.277 e. The zero-order chi connectivity index (χ0) is 22.2. The molecule has 5 nitrogen and oxygen atoms in total. The van der Waals surface area contributed by atoms with Crippen molar-refractivity contribution >= 4 is 28.1 Å². The first kappa shape index (κ1) is 22.1. The van der Waals surface area contributed by atoms with E-state index in [1.54, 1.807) is 6.21 Å². The summed E-state index contributed by atoms with van der Waals surface area (Å²) in [6.45, 7) is 0.422. The number of rotatable bonds is 8. The molecule has 0 spiro atoms. The first-order valence-electron chi connectivity index (χ1n) is 10.7. The van der Waals surface area contributed by atoms with E-state index in [1.165, 1.54) is 24.0 Å². The summed E-state index contributed by atoms with van der Waals surface area (Å²) in [5.74, 6) is 1.16. The highest BCUT2D eigenvalue weighted by atomic mass is 79.9. The lowest BCUT2D eigenvalue weighted by molar-refractivity contribution is -0.123. The van der Waals surface area contributed by atoms with E-state index in [-0.39, 0.29) is 12.5 Å². The van der Waals surface area contributed by atoms with Crippen LogP contribution >= 0.6 is 15.9 Å². The number of ether oxygens (including phenoxy) is 2. The lowest BCUT2D eigenvalue weighted by Crippen LogP contribution is -2.24. The first-order chi connectivity index (χ1) is 15.7. The molecular formula is C26H25BrN2O3. The third kappa shape index (κ3) is 5.98. The van der Waals surface area contributed by atoms with Gasteiger partial charge in [0.05, 0.1) is 10.7 Å². The number of carbonyl (C=O) groups excluding carboxylic acids is 1. The summed E-state index contributed by atoms with van der Waals surface area (Å²) in [6, 6.07) is 21.6. The predicted octanol–water partition coefficient (Wildman–Crippen LogP) is 5.44. The van der Waals surface area contributed by atoms with Crippen LogP contribution in [-0.4, -0.2) is 18.7 Å². The number of aryl methyl sites for hydroxylation is 1. The molecule has 164 valence electrons. The summed E-state index contributed by atoms with van der Waals surface area (Å²) in [7, 11) is 0. The molecule has 6 heteroatoms. The molecule has 1 aliphatic rings. The summed E-state index contributed by atoms with van der Waals surface area (Å²) in [5, 5.41) is 4.01. The predicted molar refractivity (Wildman–Crippen MR) is 129 cm³/mol. The number of hydrogen-bond donors (Lipinski definition) is 1. The molecular weight excluding hydrogens is 468 g/mol. The topological polar surface area (TPSA) is 59.9 Å². The fourth-order valence-corrected chi connectivity index (χ4v) is 4.32. The van der Waals surface area contributed by atoms with Gasteiger partial charge in [-0.05, 0) is 94.2 Å². The highest BCUT2D eigenvalue weighted by Gasteiger charge is 2.16. The molecule has 1 aliphatic carbocycles. The Hall–Kier alpha value is -3.12. The minimum atomic E-state index is -0.311. The molecule has 4 rings (SSSR count). The molecule has 32 heavy (non-hydrogen) atoms. The Morgan fingerprint density at radius 1 is 0.969 bits per heavy atom. The van der Waals surface area contributed by atoms with Gasteiger partial charge in [0, 0.05) is 0 Å². The number of fused-ring (bicyclic) bond motifs is 1. The van der Waals surface area contributed by atoms with Crippen molar-refractivity contribution in [1.82, 2.24) is 5.43 Å². The van der Waals surface area contributed by atoms with Gasteiger partial charge in [0.25, 0.3) is 5.91 Å². The monoisotopic (exact) mass is 492 g/mol. The normalized spacial score (nSPS) is 12.9. The van der Waals surface area contributed by atoms with Crippen LogP contribution in [0.4, 0.5) is 0 Å². The van der Waals surface area contributed by atoms with Crippen molar-refractivity contribution in [1.29, 1.82) is 0 Å². The summed E-state index contributed by atoms with van der Waals surface area (Å²) in [5.41, 5.74) is 7.13. The molecule has 3 aromatic carbocycles. The number of carbonyl (C=O) groups is 1. The van der Waals surface area contributed by atoms with Gasteiger partial charge >= 0.3 is 0 Å². The molecule has 0 aromatic heterocycles. The zero-order valence-electron chi connectivity index (χ0n) is 17.7. The Morgan fingerprint density at radius 3 is 2.56 bits per heavy atom. The van der Waals surface area contributed by atoms with Gasteiger partial charge in [0.15, 0.2) is 6.61 Å². The number of hydrazone groups is 1. The second-order valence-electron chi connectivity index (χ2n) is 7.65. The quantitative estimate of drug-likeness (QED) is 0.336. The Morgan fingerprint density at radius 2 is 1.75 bits per heavy atom. The van der Waals surface area contributed by atoms with Gasteiger partial charge < -0.3 is 9.47 Å². The molecule has 0 unspecified atom stereocenters. The zero-order valence-corrected chi connectivity index (χ0v) is 19.3. The van der Waals surface area contributed by atoms with Crippen molar-refractivity contribution < 1.29 is 14.3 Å². The molecule has 1 amide bonds. The molecule has 0 saturated carbocycles. The van der Waals surface area contributed by atoms with E-state index in [0.717, 1.165) is 34.2 Å². The van der Waals surface area contributed by atoms with Crippen LogP contribution in [0.2, 0.25) is 0 Å². The van der Waals surface area contributed by atoms with Gasteiger partial charge in [-0.2, -0.15) is 5.10 Å². The Bertz CT molecular complexity index is 1080. The third-order valence-corrected chi connectivity index (χ3v) is 6.19. The minimum Gasteiger partial charge on any atom is -0.489 e. The number of amides is 1. The Kier molecular flexibility index (Phi) is 7.56. The van der Waals surface area contributed by atoms with Crippen molar-refractivity contribution in [3.05, 3.63) is 93.5 Å². The smallest absolute Gasteiger partial charge is 0.277 e. The van der Waals surface area contributed by atoms with Crippen molar-refractivity contribution in [3.8, 4) is 11.5 Å². The van der Waals surface area contributed by atoms with Crippen molar-refractivity contribution in [3.63, 3.8) is 0 Å². The van der Waals surface area contributed by atoms with Gasteiger partial charge in [-0.1, -0.05) is 36.4 Å². The molecule has 0 saturated heterocycles. The lowest BCUT2D eigenvalue weighted by Gasteiger charge is -2.19. The van der Waals surface area contributed by atoms with Gasteiger partial charge in [0.1, 0.15) is 18.1 Å². The number of hydrogen-bond acceptors (Lipinski definition) is 4. The van der Waals surface area contributed by atoms with Crippen LogP contribution in [0.5, 0.6) is 11.5 Å². The standard InChI is InChI=1S/C26H25BrN2O3/c27-26-23-9-5-4-8-21(23)12-15-24(26)32-18-25(30)29-28-16-19-10-13-22(14-11-19)31-17-20-6-2-1-3-7-20/h1-3,6-7,10-16H,4-5,8-9,17-18H2,(H,29,30)/b28-16-. The van der Waals surface area contributed by atoms with Crippen molar-refractivity contribution in [2.24, 2.45) is 5.10 Å². The molecule has 0 fully saturated rings. The number of nitrogens with one attached hydrogen (secondary N) is 1. The highest BCUT2D eigenvalue weighted by molar-refractivity contribution is 9.10. The molecule has 3 aromatic rings. The summed E-state index contributed by atoms with van der Waals surface area (Å²) < 4.78 is 12.4. The van der Waals surface area contributed by atoms with Crippen molar-refractivity contribution in [2.75, 3.05) is 6.61 Å². The molecule has 0 bridgehead atoms. The minimum absolute atomic E-state index is 0.0962. The molecule has 0 heterocycles. The van der Waals surface area contributed by atoms with Gasteiger partial charge in [-0.15, -0.1) is 0 Å². The van der Waals surface area contributed by atoms with E-state index >= 15 is 0 Å². The maximum atomic E-state index is 12.1. The van der Waals surface area contributed by atoms with E-state index < -0.39 is 0 Å². The van der Waals surface area contributed by atoms with E-state index in [4.69, 9.17) is 9.47 Å². The van der Waals surface area contributed by atoms with Crippen LogP contribution < -0.4 is 14.9 Å². The molecule has 0 aliphatic heterocycles.